The van der Waals surface area contributed by atoms with Gasteiger partial charge in [-0.2, -0.15) is 0 Å². The molecule has 0 aliphatic heterocycles. The molecule has 0 spiro atoms. The summed E-state index contributed by atoms with van der Waals surface area (Å²) in [7, 11) is 0.849. The van der Waals surface area contributed by atoms with Gasteiger partial charge in [0, 0.05) is 0 Å². The molecule has 1 fully saturated rings. The van der Waals surface area contributed by atoms with Crippen LogP contribution in [0.4, 0.5) is 0 Å². The van der Waals surface area contributed by atoms with Crippen LogP contribution in [0.25, 0.3) is 0 Å². The Balaban J connectivity index is 1.98. The molecule has 3 rings (SSSR count). The van der Waals surface area contributed by atoms with Gasteiger partial charge in [0.05, 0.1) is 0 Å². The third-order valence-electron chi connectivity index (χ3n) is 5.29. The monoisotopic (exact) mass is 450 g/mol. The van der Waals surface area contributed by atoms with Crippen LogP contribution in [-0.2, 0) is 21.1 Å². The first-order chi connectivity index (χ1) is 12.9. The Labute approximate surface area is 172 Å². The van der Waals surface area contributed by atoms with Crippen molar-refractivity contribution in [3.8, 4) is 0 Å². The van der Waals surface area contributed by atoms with Crippen LogP contribution in [0.15, 0.2) is 59.5 Å². The summed E-state index contributed by atoms with van der Waals surface area (Å²) in [4.78, 5) is 1.46. The van der Waals surface area contributed by atoms with Crippen molar-refractivity contribution >= 4 is 30.2 Å². The van der Waals surface area contributed by atoms with E-state index < -0.39 is 10.8 Å². The van der Waals surface area contributed by atoms with Crippen LogP contribution in [0.5, 0.6) is 0 Å². The van der Waals surface area contributed by atoms with E-state index in [0.717, 1.165) is 11.3 Å². The van der Waals surface area contributed by atoms with Crippen molar-refractivity contribution in [3.05, 3.63) is 60.2 Å². The molecule has 3 atom stereocenters. The zero-order valence-electron chi connectivity index (χ0n) is 16.7. The van der Waals surface area contributed by atoms with E-state index in [1.54, 1.807) is 0 Å². The second kappa shape index (κ2) is 8.61. The molecule has 0 heterocycles. The predicted octanol–water partition coefficient (Wildman–Crippen LogP) is 4.83. The summed E-state index contributed by atoms with van der Waals surface area (Å²) in [6.45, 7) is 6.16. The molecule has 0 amide bonds. The molecular weight excluding hydrogens is 419 g/mol. The molecule has 0 radical (unpaired) electrons. The van der Waals surface area contributed by atoms with E-state index in [1.165, 1.54) is 29.3 Å². The zero-order chi connectivity index (χ0) is 19.5. The Hall–Kier alpha value is -0.931. The maximum atomic E-state index is 13.1. The minimum absolute atomic E-state index is 0.198. The SMILES string of the molecule is COC1(c2ccccc2)CCCCC1[Se]c1ccccc1S(=O)C(C)(C)C. The van der Waals surface area contributed by atoms with Gasteiger partial charge in [0.15, 0.2) is 0 Å². The average Bonchev–Trinajstić information content (AvgIpc) is 2.68. The van der Waals surface area contributed by atoms with E-state index in [0.29, 0.717) is 4.82 Å². The van der Waals surface area contributed by atoms with Crippen molar-refractivity contribution < 1.29 is 8.95 Å². The number of benzene rings is 2. The van der Waals surface area contributed by atoms with Gasteiger partial charge in [-0.3, -0.25) is 0 Å². The van der Waals surface area contributed by atoms with Crippen molar-refractivity contribution in [2.45, 2.75) is 66.5 Å². The molecule has 1 aliphatic rings. The van der Waals surface area contributed by atoms with Crippen LogP contribution in [0.1, 0.15) is 52.0 Å². The molecule has 1 aliphatic carbocycles. The molecule has 1 saturated carbocycles. The minimum atomic E-state index is -1.01. The van der Waals surface area contributed by atoms with E-state index in [2.05, 4.69) is 69.3 Å². The van der Waals surface area contributed by atoms with Crippen molar-refractivity contribution in [3.63, 3.8) is 0 Å². The average molecular weight is 450 g/mol. The van der Waals surface area contributed by atoms with Crippen molar-refractivity contribution in [2.75, 3.05) is 7.11 Å². The molecule has 0 saturated heterocycles. The van der Waals surface area contributed by atoms with Gasteiger partial charge in [-0.05, 0) is 0 Å². The molecule has 0 bridgehead atoms. The fourth-order valence-electron chi connectivity index (χ4n) is 3.85. The van der Waals surface area contributed by atoms with Gasteiger partial charge in [0.1, 0.15) is 0 Å². The topological polar surface area (TPSA) is 26.3 Å². The molecule has 2 aromatic rings. The molecule has 2 nitrogen and oxygen atoms in total. The van der Waals surface area contributed by atoms with Gasteiger partial charge >= 0.3 is 173 Å². The van der Waals surface area contributed by atoms with Crippen molar-refractivity contribution in [2.24, 2.45) is 0 Å². The summed E-state index contributed by atoms with van der Waals surface area (Å²) in [5.74, 6) is 0. The second-order valence-corrected chi connectivity index (χ2v) is 13.0. The maximum absolute atomic E-state index is 13.1. The van der Waals surface area contributed by atoms with Gasteiger partial charge in [0.25, 0.3) is 0 Å². The number of ether oxygens (including phenoxy) is 1. The first-order valence-electron chi connectivity index (χ1n) is 9.67. The van der Waals surface area contributed by atoms with Gasteiger partial charge in [-0.25, -0.2) is 0 Å². The van der Waals surface area contributed by atoms with Gasteiger partial charge in [-0.15, -0.1) is 0 Å². The van der Waals surface area contributed by atoms with E-state index in [4.69, 9.17) is 4.74 Å². The number of hydrogen-bond acceptors (Lipinski definition) is 2. The Morgan fingerprint density at radius 2 is 1.70 bits per heavy atom. The summed E-state index contributed by atoms with van der Waals surface area (Å²) in [6.07, 6.45) is 4.67. The van der Waals surface area contributed by atoms with Crippen LogP contribution in [0.3, 0.4) is 0 Å². The number of hydrogen-bond donors (Lipinski definition) is 0. The molecule has 2 aromatic carbocycles. The third kappa shape index (κ3) is 4.40. The summed E-state index contributed by atoms with van der Waals surface area (Å²) in [5, 5.41) is 0. The van der Waals surface area contributed by atoms with Crippen molar-refractivity contribution in [1.82, 2.24) is 0 Å². The number of rotatable bonds is 5. The fourth-order valence-corrected chi connectivity index (χ4v) is 8.78. The third-order valence-corrected chi connectivity index (χ3v) is 10.6. The van der Waals surface area contributed by atoms with E-state index in [1.807, 2.05) is 13.2 Å². The fraction of sp³-hybridized carbons (Fsp3) is 0.478. The molecule has 4 heteroatoms. The quantitative estimate of drug-likeness (QED) is 0.612. The Kier molecular flexibility index (Phi) is 6.63. The molecule has 0 aromatic heterocycles. The molecule has 0 N–H and O–H groups in total. The predicted molar refractivity (Wildman–Crippen MR) is 115 cm³/mol. The van der Waals surface area contributed by atoms with Gasteiger partial charge < -0.3 is 0 Å². The van der Waals surface area contributed by atoms with Crippen LogP contribution in [0.2, 0.25) is 4.82 Å². The van der Waals surface area contributed by atoms with Crippen LogP contribution >= 0.6 is 0 Å². The summed E-state index contributed by atoms with van der Waals surface area (Å²) < 4.78 is 20.4. The Morgan fingerprint density at radius 1 is 1.04 bits per heavy atom. The van der Waals surface area contributed by atoms with Gasteiger partial charge in [-0.1, -0.05) is 0 Å². The van der Waals surface area contributed by atoms with Crippen molar-refractivity contribution in [1.29, 1.82) is 0 Å². The molecule has 146 valence electrons. The molecular formula is C23H30O2SSe. The molecule has 27 heavy (non-hydrogen) atoms. The summed E-state index contributed by atoms with van der Waals surface area (Å²) in [6, 6.07) is 19.0. The normalized spacial score (nSPS) is 24.5. The summed E-state index contributed by atoms with van der Waals surface area (Å²) >= 11 is 0.198. The first kappa shape index (κ1) is 20.8. The Bertz CT molecular complexity index is 784. The van der Waals surface area contributed by atoms with Crippen LogP contribution in [0, 0.1) is 0 Å². The van der Waals surface area contributed by atoms with E-state index in [-0.39, 0.29) is 25.3 Å². The van der Waals surface area contributed by atoms with E-state index in [9.17, 15) is 4.21 Å². The number of methoxy groups -OCH3 is 1. The summed E-state index contributed by atoms with van der Waals surface area (Å²) in [5.41, 5.74) is 1.06. The zero-order valence-corrected chi connectivity index (χ0v) is 19.3. The Morgan fingerprint density at radius 3 is 2.37 bits per heavy atom. The van der Waals surface area contributed by atoms with Crippen LogP contribution in [-0.4, -0.2) is 31.0 Å². The second-order valence-electron chi connectivity index (χ2n) is 8.14. The standard InChI is InChI=1S/C23H30O2SSe/c1-22(2,3)26(24)19-14-8-9-15-20(19)27-21-16-10-11-17-23(21,25-4)18-12-6-5-7-13-18/h5-9,12-15,21H,10-11,16-17H2,1-4H3. The van der Waals surface area contributed by atoms with Crippen LogP contribution < -0.4 is 4.46 Å². The molecule has 3 unspecified atom stereocenters. The first-order valence-corrected chi connectivity index (χ1v) is 12.7. The van der Waals surface area contributed by atoms with E-state index >= 15 is 0 Å². The van der Waals surface area contributed by atoms with Gasteiger partial charge in [0.2, 0.25) is 0 Å².